The summed E-state index contributed by atoms with van der Waals surface area (Å²) in [6.07, 6.45) is 5.57. The highest BCUT2D eigenvalue weighted by atomic mass is 16.5. The molecule has 0 bridgehead atoms. The van der Waals surface area contributed by atoms with Gasteiger partial charge in [0.05, 0.1) is 17.4 Å². The van der Waals surface area contributed by atoms with Crippen molar-refractivity contribution in [2.45, 2.75) is 59.6 Å². The molecular weight excluding hydrogens is 460 g/mol. The van der Waals surface area contributed by atoms with Crippen LogP contribution < -0.4 is 10.1 Å². The van der Waals surface area contributed by atoms with E-state index in [0.29, 0.717) is 29.2 Å². The number of hydrogen-bond donors (Lipinski definition) is 1. The van der Waals surface area contributed by atoms with Gasteiger partial charge in [0.15, 0.2) is 0 Å². The van der Waals surface area contributed by atoms with Crippen LogP contribution in [0.1, 0.15) is 61.2 Å². The van der Waals surface area contributed by atoms with Crippen LogP contribution in [0.2, 0.25) is 0 Å². The number of carbonyl (C=O) groups excluding carboxylic acids is 1. The van der Waals surface area contributed by atoms with Gasteiger partial charge >= 0.3 is 0 Å². The van der Waals surface area contributed by atoms with Gasteiger partial charge in [0.2, 0.25) is 0 Å². The van der Waals surface area contributed by atoms with Gasteiger partial charge in [-0.1, -0.05) is 44.2 Å². The first-order valence-corrected chi connectivity index (χ1v) is 12.8. The summed E-state index contributed by atoms with van der Waals surface area (Å²) in [7, 11) is 0. The van der Waals surface area contributed by atoms with Crippen molar-refractivity contribution >= 4 is 11.6 Å². The minimum absolute atomic E-state index is 0.0340. The minimum Gasteiger partial charge on any atom is -0.490 e. The van der Waals surface area contributed by atoms with E-state index in [0.717, 1.165) is 34.5 Å². The van der Waals surface area contributed by atoms with E-state index in [1.807, 2.05) is 36.7 Å². The summed E-state index contributed by atoms with van der Waals surface area (Å²) in [5.41, 5.74) is 6.06. The van der Waals surface area contributed by atoms with Gasteiger partial charge in [-0.05, 0) is 74.9 Å². The molecule has 190 valence electrons. The maximum Gasteiger partial charge on any atom is 0.251 e. The molecule has 2 heterocycles. The molecule has 0 saturated carbocycles. The fourth-order valence-corrected chi connectivity index (χ4v) is 4.54. The van der Waals surface area contributed by atoms with Crippen LogP contribution >= 0.6 is 0 Å². The van der Waals surface area contributed by atoms with E-state index in [1.165, 1.54) is 0 Å². The summed E-state index contributed by atoms with van der Waals surface area (Å²) >= 11 is 0. The van der Waals surface area contributed by atoms with Crippen molar-refractivity contribution in [1.82, 2.24) is 14.7 Å². The Bertz CT molecular complexity index is 1430. The second kappa shape index (κ2) is 11.3. The van der Waals surface area contributed by atoms with E-state index in [2.05, 4.69) is 62.5 Å². The highest BCUT2D eigenvalue weighted by molar-refractivity contribution is 5.95. The fourth-order valence-electron chi connectivity index (χ4n) is 4.54. The first kappa shape index (κ1) is 26.0. The number of nitrogens with zero attached hydrogens (tertiary/aromatic N) is 3. The zero-order valence-corrected chi connectivity index (χ0v) is 22.2. The standard InChI is InChI=1S/C31H34N4O2/c1-20(2)15-27(33-31(36)25-12-13-29(37-21(3)4)26(17-25)18-32)16-23-8-10-24(11-9-23)28-19-35-14-6-7-22(5)30(35)34-28/h6-14,17,19-21,27H,15-16H2,1-5H3,(H,33,36)/t27-/m1/s1. The van der Waals surface area contributed by atoms with Crippen molar-refractivity contribution in [3.8, 4) is 23.1 Å². The van der Waals surface area contributed by atoms with Gasteiger partial charge in [-0.3, -0.25) is 4.79 Å². The summed E-state index contributed by atoms with van der Waals surface area (Å²) in [6, 6.07) is 19.6. The predicted octanol–water partition coefficient (Wildman–Crippen LogP) is 6.36. The molecule has 1 N–H and O–H groups in total. The smallest absolute Gasteiger partial charge is 0.251 e. The number of aryl methyl sites for hydroxylation is 1. The van der Waals surface area contributed by atoms with Crippen LogP contribution in [-0.2, 0) is 6.42 Å². The summed E-state index contributed by atoms with van der Waals surface area (Å²) in [6.45, 7) is 10.2. The van der Waals surface area contributed by atoms with Gasteiger partial charge in [0, 0.05) is 29.6 Å². The van der Waals surface area contributed by atoms with Crippen LogP contribution in [0.4, 0.5) is 0 Å². The monoisotopic (exact) mass is 494 g/mol. The molecule has 6 heteroatoms. The number of imidazole rings is 1. The van der Waals surface area contributed by atoms with E-state index in [-0.39, 0.29) is 18.1 Å². The van der Waals surface area contributed by atoms with E-state index in [9.17, 15) is 10.1 Å². The first-order valence-electron chi connectivity index (χ1n) is 12.8. The Kier molecular flexibility index (Phi) is 7.93. The lowest BCUT2D eigenvalue weighted by Crippen LogP contribution is -2.37. The van der Waals surface area contributed by atoms with E-state index in [1.54, 1.807) is 18.2 Å². The molecule has 4 aromatic rings. The molecule has 4 rings (SSSR count). The molecule has 0 aliphatic carbocycles. The van der Waals surface area contributed by atoms with Crippen molar-refractivity contribution in [1.29, 1.82) is 5.26 Å². The highest BCUT2D eigenvalue weighted by Crippen LogP contribution is 2.23. The van der Waals surface area contributed by atoms with Crippen molar-refractivity contribution in [2.75, 3.05) is 0 Å². The number of carbonyl (C=O) groups is 1. The average molecular weight is 495 g/mol. The lowest BCUT2D eigenvalue weighted by Gasteiger charge is -2.21. The van der Waals surface area contributed by atoms with Gasteiger partial charge in [-0.15, -0.1) is 0 Å². The highest BCUT2D eigenvalue weighted by Gasteiger charge is 2.18. The Morgan fingerprint density at radius 3 is 2.51 bits per heavy atom. The van der Waals surface area contributed by atoms with Crippen LogP contribution in [-0.4, -0.2) is 27.4 Å². The number of pyridine rings is 1. The molecule has 2 aromatic carbocycles. The second-order valence-electron chi connectivity index (χ2n) is 10.2. The van der Waals surface area contributed by atoms with Crippen LogP contribution in [0.25, 0.3) is 16.9 Å². The molecule has 37 heavy (non-hydrogen) atoms. The molecule has 1 atom stereocenters. The number of fused-ring (bicyclic) bond motifs is 1. The van der Waals surface area contributed by atoms with E-state index in [4.69, 9.17) is 9.72 Å². The van der Waals surface area contributed by atoms with Crippen molar-refractivity contribution in [3.63, 3.8) is 0 Å². The number of hydrogen-bond acceptors (Lipinski definition) is 4. The maximum atomic E-state index is 13.1. The number of nitriles is 1. The Morgan fingerprint density at radius 1 is 1.11 bits per heavy atom. The minimum atomic E-state index is -0.185. The van der Waals surface area contributed by atoms with Crippen molar-refractivity contribution < 1.29 is 9.53 Å². The predicted molar refractivity (Wildman–Crippen MR) is 147 cm³/mol. The summed E-state index contributed by atoms with van der Waals surface area (Å²) < 4.78 is 7.74. The molecule has 0 aliphatic rings. The Morgan fingerprint density at radius 2 is 1.86 bits per heavy atom. The lowest BCUT2D eigenvalue weighted by atomic mass is 9.96. The first-order chi connectivity index (χ1) is 17.7. The quantitative estimate of drug-likeness (QED) is 0.294. The Hall–Kier alpha value is -4.11. The molecule has 0 fully saturated rings. The normalized spacial score (nSPS) is 12.1. The van der Waals surface area contributed by atoms with Crippen LogP contribution in [0, 0.1) is 24.2 Å². The summed E-state index contributed by atoms with van der Waals surface area (Å²) in [5.74, 6) is 0.728. The van der Waals surface area contributed by atoms with Crippen molar-refractivity contribution in [2.24, 2.45) is 5.92 Å². The van der Waals surface area contributed by atoms with Crippen LogP contribution in [0.5, 0.6) is 5.75 Å². The van der Waals surface area contributed by atoms with Crippen LogP contribution in [0.15, 0.2) is 67.0 Å². The van der Waals surface area contributed by atoms with Crippen molar-refractivity contribution in [3.05, 3.63) is 89.2 Å². The Balaban J connectivity index is 1.48. The number of benzene rings is 2. The molecule has 1 amide bonds. The Labute approximate surface area is 218 Å². The molecule has 6 nitrogen and oxygen atoms in total. The fraction of sp³-hybridized carbons (Fsp3) is 0.323. The second-order valence-corrected chi connectivity index (χ2v) is 10.2. The van der Waals surface area contributed by atoms with Gasteiger partial charge in [0.25, 0.3) is 5.91 Å². The number of nitrogens with one attached hydrogen (secondary N) is 1. The molecule has 0 saturated heterocycles. The zero-order chi connectivity index (χ0) is 26.5. The molecule has 0 unspecified atom stereocenters. The van der Waals surface area contributed by atoms with E-state index < -0.39 is 0 Å². The number of rotatable bonds is 9. The lowest BCUT2D eigenvalue weighted by molar-refractivity contribution is 0.0932. The SMILES string of the molecule is Cc1cccn2cc(-c3ccc(C[C@@H](CC(C)C)NC(=O)c4ccc(OC(C)C)c(C#N)c4)cc3)nc12. The van der Waals surface area contributed by atoms with Gasteiger partial charge in [-0.2, -0.15) is 5.26 Å². The third kappa shape index (κ3) is 6.37. The third-order valence-corrected chi connectivity index (χ3v) is 6.23. The molecule has 0 spiro atoms. The molecular formula is C31H34N4O2. The topological polar surface area (TPSA) is 79.4 Å². The zero-order valence-electron chi connectivity index (χ0n) is 22.2. The van der Waals surface area contributed by atoms with Gasteiger partial charge < -0.3 is 14.5 Å². The molecule has 0 aliphatic heterocycles. The number of ether oxygens (including phenoxy) is 1. The van der Waals surface area contributed by atoms with Gasteiger partial charge in [-0.25, -0.2) is 4.98 Å². The maximum absolute atomic E-state index is 13.1. The number of amides is 1. The largest absolute Gasteiger partial charge is 0.490 e. The van der Waals surface area contributed by atoms with E-state index >= 15 is 0 Å². The average Bonchev–Trinajstić information content (AvgIpc) is 3.30. The van der Waals surface area contributed by atoms with Gasteiger partial charge in [0.1, 0.15) is 17.5 Å². The molecule has 2 aromatic heterocycles. The third-order valence-electron chi connectivity index (χ3n) is 6.23. The summed E-state index contributed by atoms with van der Waals surface area (Å²) in [4.78, 5) is 17.9. The summed E-state index contributed by atoms with van der Waals surface area (Å²) in [5, 5.41) is 12.7. The van der Waals surface area contributed by atoms with Crippen LogP contribution in [0.3, 0.4) is 0 Å². The molecule has 0 radical (unpaired) electrons. The number of aromatic nitrogens is 2.